The van der Waals surface area contributed by atoms with Crippen LogP contribution in [0.2, 0.25) is 0 Å². The number of carbonyl (C=O) groups is 1. The van der Waals surface area contributed by atoms with Crippen LogP contribution in [0.1, 0.15) is 10.4 Å². The summed E-state index contributed by atoms with van der Waals surface area (Å²) in [5, 5.41) is 10.1. The fraction of sp³-hybridized carbons (Fsp3) is 0. The van der Waals surface area contributed by atoms with E-state index in [0.29, 0.717) is 11.3 Å². The molecule has 0 unspecified atom stereocenters. The predicted molar refractivity (Wildman–Crippen MR) is 83.1 cm³/mol. The van der Waals surface area contributed by atoms with Crippen molar-refractivity contribution in [3.8, 4) is 0 Å². The zero-order valence-corrected chi connectivity index (χ0v) is 11.2. The van der Waals surface area contributed by atoms with Crippen molar-refractivity contribution in [3.05, 3.63) is 72.3 Å². The Morgan fingerprint density at radius 2 is 1.52 bits per heavy atom. The van der Waals surface area contributed by atoms with Gasteiger partial charge in [-0.05, 0) is 29.0 Å². The average Bonchev–Trinajstić information content (AvgIpc) is 2.53. The number of rotatable bonds is 3. The molecule has 0 fully saturated rings. The van der Waals surface area contributed by atoms with Crippen LogP contribution in [-0.2, 0) is 0 Å². The fourth-order valence-electron chi connectivity index (χ4n) is 2.21. The van der Waals surface area contributed by atoms with Gasteiger partial charge in [-0.3, -0.25) is 4.79 Å². The molecule has 0 bridgehead atoms. The molecule has 0 heterocycles. The van der Waals surface area contributed by atoms with Gasteiger partial charge in [0.15, 0.2) is 0 Å². The van der Waals surface area contributed by atoms with Gasteiger partial charge in [0.25, 0.3) is 5.91 Å². The number of nitrogens with two attached hydrogens (primary N) is 1. The minimum atomic E-state index is -0.506. The lowest BCUT2D eigenvalue weighted by Gasteiger charge is -2.06. The highest BCUT2D eigenvalue weighted by molar-refractivity contribution is 6.10. The van der Waals surface area contributed by atoms with Crippen molar-refractivity contribution >= 4 is 28.1 Å². The first-order valence-corrected chi connectivity index (χ1v) is 6.54. The Balaban J connectivity index is 2.12. The molecule has 3 aromatic rings. The number of carbonyl (C=O) groups excluding carboxylic acids is 1. The molecule has 3 aromatic carbocycles. The van der Waals surface area contributed by atoms with E-state index in [2.05, 4.69) is 10.2 Å². The van der Waals surface area contributed by atoms with Crippen molar-refractivity contribution in [2.45, 2.75) is 0 Å². The first kappa shape index (κ1) is 13.0. The summed E-state index contributed by atoms with van der Waals surface area (Å²) in [4.78, 5) is 11.8. The number of primary amides is 1. The first-order valence-electron chi connectivity index (χ1n) is 6.54. The molecular formula is C17H13N3O. The van der Waals surface area contributed by atoms with Crippen molar-refractivity contribution in [2.75, 3.05) is 0 Å². The lowest BCUT2D eigenvalue weighted by atomic mass is 10.0. The van der Waals surface area contributed by atoms with Gasteiger partial charge in [-0.2, -0.15) is 5.11 Å². The average molecular weight is 275 g/mol. The molecule has 0 saturated carbocycles. The van der Waals surface area contributed by atoms with E-state index >= 15 is 0 Å². The Hall–Kier alpha value is -3.01. The lowest BCUT2D eigenvalue weighted by Crippen LogP contribution is -2.11. The van der Waals surface area contributed by atoms with E-state index in [1.807, 2.05) is 60.7 Å². The van der Waals surface area contributed by atoms with Gasteiger partial charge in [-0.1, -0.05) is 48.5 Å². The highest BCUT2D eigenvalue weighted by atomic mass is 16.1. The third-order valence-electron chi connectivity index (χ3n) is 3.18. The zero-order chi connectivity index (χ0) is 14.7. The highest BCUT2D eigenvalue weighted by Crippen LogP contribution is 2.29. The molecule has 0 aromatic heterocycles. The number of nitrogens with zero attached hydrogens (tertiary/aromatic N) is 2. The molecule has 4 heteroatoms. The normalized spacial score (nSPS) is 11.0. The summed E-state index contributed by atoms with van der Waals surface area (Å²) in [6.07, 6.45) is 0. The molecule has 102 valence electrons. The van der Waals surface area contributed by atoms with Gasteiger partial charge in [-0.25, -0.2) is 0 Å². The SMILES string of the molecule is NC(=O)c1c(N=Nc2ccccc2)ccc2ccccc12. The van der Waals surface area contributed by atoms with Crippen LogP contribution in [0.15, 0.2) is 77.0 Å². The van der Waals surface area contributed by atoms with Gasteiger partial charge >= 0.3 is 0 Å². The van der Waals surface area contributed by atoms with Crippen molar-refractivity contribution in [1.29, 1.82) is 0 Å². The second-order valence-corrected chi connectivity index (χ2v) is 4.58. The molecule has 0 radical (unpaired) electrons. The van der Waals surface area contributed by atoms with Crippen LogP contribution >= 0.6 is 0 Å². The minimum absolute atomic E-state index is 0.396. The lowest BCUT2D eigenvalue weighted by molar-refractivity contribution is 0.100. The van der Waals surface area contributed by atoms with Gasteiger partial charge in [-0.15, -0.1) is 5.11 Å². The molecule has 0 aliphatic carbocycles. The number of amides is 1. The number of fused-ring (bicyclic) bond motifs is 1. The van der Waals surface area contributed by atoms with E-state index in [1.54, 1.807) is 6.07 Å². The van der Waals surface area contributed by atoms with Crippen LogP contribution in [0.3, 0.4) is 0 Å². The van der Waals surface area contributed by atoms with Gasteiger partial charge in [0.2, 0.25) is 0 Å². The van der Waals surface area contributed by atoms with Gasteiger partial charge in [0, 0.05) is 0 Å². The minimum Gasteiger partial charge on any atom is -0.366 e. The molecular weight excluding hydrogens is 262 g/mol. The Morgan fingerprint density at radius 3 is 2.29 bits per heavy atom. The molecule has 3 rings (SSSR count). The van der Waals surface area contributed by atoms with Crippen LogP contribution < -0.4 is 5.73 Å². The van der Waals surface area contributed by atoms with E-state index in [1.165, 1.54) is 0 Å². The molecule has 0 aliphatic rings. The third kappa shape index (κ3) is 2.65. The van der Waals surface area contributed by atoms with Crippen LogP contribution in [0.4, 0.5) is 11.4 Å². The number of azo groups is 1. The Morgan fingerprint density at radius 1 is 0.810 bits per heavy atom. The number of hydrogen-bond donors (Lipinski definition) is 1. The van der Waals surface area contributed by atoms with Crippen LogP contribution in [0.25, 0.3) is 10.8 Å². The van der Waals surface area contributed by atoms with Crippen molar-refractivity contribution in [2.24, 2.45) is 16.0 Å². The molecule has 0 saturated heterocycles. The van der Waals surface area contributed by atoms with Crippen molar-refractivity contribution in [1.82, 2.24) is 0 Å². The summed E-state index contributed by atoms with van der Waals surface area (Å²) in [7, 11) is 0. The maximum atomic E-state index is 11.8. The molecule has 0 aliphatic heterocycles. The maximum absolute atomic E-state index is 11.8. The third-order valence-corrected chi connectivity index (χ3v) is 3.18. The van der Waals surface area contributed by atoms with E-state index < -0.39 is 5.91 Å². The van der Waals surface area contributed by atoms with Crippen LogP contribution in [-0.4, -0.2) is 5.91 Å². The highest BCUT2D eigenvalue weighted by Gasteiger charge is 2.12. The molecule has 0 atom stereocenters. The second-order valence-electron chi connectivity index (χ2n) is 4.58. The Bertz CT molecular complexity index is 826. The van der Waals surface area contributed by atoms with Crippen molar-refractivity contribution in [3.63, 3.8) is 0 Å². The molecule has 21 heavy (non-hydrogen) atoms. The monoisotopic (exact) mass is 275 g/mol. The standard InChI is InChI=1S/C17H13N3O/c18-17(21)16-14-9-5-4-6-12(14)10-11-15(16)20-19-13-7-2-1-3-8-13/h1-11H,(H2,18,21). The van der Waals surface area contributed by atoms with Crippen LogP contribution in [0.5, 0.6) is 0 Å². The molecule has 2 N–H and O–H groups in total. The fourth-order valence-corrected chi connectivity index (χ4v) is 2.21. The Kier molecular flexibility index (Phi) is 3.43. The van der Waals surface area contributed by atoms with Gasteiger partial charge in [0.05, 0.1) is 16.9 Å². The number of benzene rings is 3. The molecule has 4 nitrogen and oxygen atoms in total. The summed E-state index contributed by atoms with van der Waals surface area (Å²) >= 11 is 0. The topological polar surface area (TPSA) is 67.8 Å². The largest absolute Gasteiger partial charge is 0.366 e. The number of hydrogen-bond acceptors (Lipinski definition) is 3. The summed E-state index contributed by atoms with van der Waals surface area (Å²) in [6, 6.07) is 20.6. The Labute approximate surface area is 121 Å². The predicted octanol–water partition coefficient (Wildman–Crippen LogP) is 4.35. The van der Waals surface area contributed by atoms with Gasteiger partial charge < -0.3 is 5.73 Å². The summed E-state index contributed by atoms with van der Waals surface area (Å²) in [5.41, 5.74) is 7.11. The summed E-state index contributed by atoms with van der Waals surface area (Å²) in [6.45, 7) is 0. The van der Waals surface area contributed by atoms with E-state index in [-0.39, 0.29) is 0 Å². The smallest absolute Gasteiger partial charge is 0.251 e. The zero-order valence-electron chi connectivity index (χ0n) is 11.2. The molecule has 0 spiro atoms. The van der Waals surface area contributed by atoms with E-state index in [9.17, 15) is 4.79 Å². The summed E-state index contributed by atoms with van der Waals surface area (Å²) in [5.74, 6) is -0.506. The molecule has 1 amide bonds. The summed E-state index contributed by atoms with van der Waals surface area (Å²) < 4.78 is 0. The van der Waals surface area contributed by atoms with E-state index in [0.717, 1.165) is 16.5 Å². The van der Waals surface area contributed by atoms with Crippen LogP contribution in [0, 0.1) is 0 Å². The second kappa shape index (κ2) is 5.54. The van der Waals surface area contributed by atoms with E-state index in [4.69, 9.17) is 5.73 Å². The van der Waals surface area contributed by atoms with Gasteiger partial charge in [0.1, 0.15) is 0 Å². The maximum Gasteiger partial charge on any atom is 0.251 e. The van der Waals surface area contributed by atoms with Crippen molar-refractivity contribution < 1.29 is 4.79 Å². The quantitative estimate of drug-likeness (QED) is 0.709. The first-order chi connectivity index (χ1) is 10.3.